The molecule has 0 saturated carbocycles. The number of unbranched alkanes of at least 4 members (excludes halogenated alkanes) is 1. The summed E-state index contributed by atoms with van der Waals surface area (Å²) in [6.07, 6.45) is 3.43. The Morgan fingerprint density at radius 1 is 1.09 bits per heavy atom. The van der Waals surface area contributed by atoms with Gasteiger partial charge in [0.05, 0.1) is 6.61 Å². The molecule has 0 unspecified atom stereocenters. The van der Waals surface area contributed by atoms with Crippen LogP contribution in [0.3, 0.4) is 0 Å². The summed E-state index contributed by atoms with van der Waals surface area (Å²) in [7, 11) is 0. The number of aliphatic hydroxyl groups excluding tert-OH is 1. The van der Waals surface area contributed by atoms with Crippen molar-refractivity contribution in [2.24, 2.45) is 0 Å². The number of aryl methyl sites for hydroxylation is 1. The molecular weight excluding hydrogens is 314 g/mol. The van der Waals surface area contributed by atoms with Crippen molar-refractivity contribution in [2.75, 3.05) is 23.9 Å². The fourth-order valence-corrected chi connectivity index (χ4v) is 3.78. The smallest absolute Gasteiger partial charge is 0.195 e. The highest BCUT2D eigenvalue weighted by atomic mass is 32.2. The lowest BCUT2D eigenvalue weighted by atomic mass is 10.3. The molecule has 0 aliphatic heterocycles. The van der Waals surface area contributed by atoms with Gasteiger partial charge in [-0.15, -0.1) is 10.2 Å². The number of hydrogen-bond donors (Lipinski definition) is 1. The Bertz CT molecular complexity index is 546. The van der Waals surface area contributed by atoms with Gasteiger partial charge < -0.3 is 5.11 Å². The van der Waals surface area contributed by atoms with Crippen molar-refractivity contribution in [1.29, 1.82) is 0 Å². The predicted molar refractivity (Wildman–Crippen MR) is 95.1 cm³/mol. The number of thioether (sulfide) groups is 2. The summed E-state index contributed by atoms with van der Waals surface area (Å²) in [5, 5.41) is 18.6. The highest BCUT2D eigenvalue weighted by molar-refractivity contribution is 7.99. The number of nitrogens with zero attached hydrogens (tertiary/aromatic N) is 3. The second-order valence-corrected chi connectivity index (χ2v) is 7.14. The zero-order valence-electron chi connectivity index (χ0n) is 12.9. The Morgan fingerprint density at radius 2 is 1.91 bits per heavy atom. The monoisotopic (exact) mass is 337 g/mol. The molecule has 1 aromatic heterocycles. The van der Waals surface area contributed by atoms with Gasteiger partial charge in [0, 0.05) is 23.6 Å². The molecule has 0 radical (unpaired) electrons. The third-order valence-corrected chi connectivity index (χ3v) is 5.13. The highest BCUT2D eigenvalue weighted by Gasteiger charge is 2.13. The molecule has 0 fully saturated rings. The van der Waals surface area contributed by atoms with Crippen molar-refractivity contribution in [1.82, 2.24) is 14.8 Å². The lowest BCUT2D eigenvalue weighted by Gasteiger charge is -2.09. The van der Waals surface area contributed by atoms with Crippen LogP contribution >= 0.6 is 23.5 Å². The van der Waals surface area contributed by atoms with Gasteiger partial charge in [-0.3, -0.25) is 4.57 Å². The molecule has 0 spiro atoms. The number of aliphatic hydroxyl groups is 1. The van der Waals surface area contributed by atoms with Crippen molar-refractivity contribution < 1.29 is 5.11 Å². The molecule has 0 bridgehead atoms. The number of rotatable bonds is 10. The van der Waals surface area contributed by atoms with Crippen molar-refractivity contribution in [2.45, 2.75) is 31.3 Å². The first-order valence-corrected chi connectivity index (χ1v) is 9.82. The van der Waals surface area contributed by atoms with Crippen LogP contribution in [0.25, 0.3) is 5.69 Å². The maximum Gasteiger partial charge on any atom is 0.195 e. The van der Waals surface area contributed by atoms with E-state index in [9.17, 15) is 0 Å². The molecule has 0 saturated heterocycles. The minimum absolute atomic E-state index is 0.147. The van der Waals surface area contributed by atoms with Gasteiger partial charge in [0.15, 0.2) is 5.16 Å². The zero-order valence-corrected chi connectivity index (χ0v) is 14.6. The van der Waals surface area contributed by atoms with Crippen LogP contribution in [0.2, 0.25) is 0 Å². The molecular formula is C16H23N3OS2. The molecule has 0 aliphatic carbocycles. The van der Waals surface area contributed by atoms with Gasteiger partial charge in [0.25, 0.3) is 0 Å². The minimum Gasteiger partial charge on any atom is -0.396 e. The van der Waals surface area contributed by atoms with Crippen LogP contribution in [0.5, 0.6) is 0 Å². The van der Waals surface area contributed by atoms with E-state index in [-0.39, 0.29) is 6.61 Å². The molecule has 4 nitrogen and oxygen atoms in total. The van der Waals surface area contributed by atoms with Crippen LogP contribution in [0.1, 0.15) is 25.6 Å². The summed E-state index contributed by atoms with van der Waals surface area (Å²) in [5.41, 5.74) is 1.08. The van der Waals surface area contributed by atoms with Crippen LogP contribution in [-0.4, -0.2) is 43.7 Å². The Hall–Kier alpha value is -0.980. The SMILES string of the molecule is CCCCSCCc1nnc(SCCO)n1-c1ccccc1. The van der Waals surface area contributed by atoms with Crippen LogP contribution in [0, 0.1) is 0 Å². The van der Waals surface area contributed by atoms with Gasteiger partial charge in [-0.2, -0.15) is 11.8 Å². The van der Waals surface area contributed by atoms with Crippen LogP contribution in [-0.2, 0) is 6.42 Å². The fraction of sp³-hybridized carbons (Fsp3) is 0.500. The van der Waals surface area contributed by atoms with Gasteiger partial charge in [-0.05, 0) is 24.3 Å². The molecule has 0 amide bonds. The Morgan fingerprint density at radius 3 is 2.64 bits per heavy atom. The summed E-state index contributed by atoms with van der Waals surface area (Å²) in [5.74, 6) is 3.91. The van der Waals surface area contributed by atoms with Gasteiger partial charge in [-0.1, -0.05) is 43.3 Å². The molecule has 1 heterocycles. The molecule has 2 rings (SSSR count). The molecule has 0 atom stereocenters. The lowest BCUT2D eigenvalue weighted by Crippen LogP contribution is -2.05. The summed E-state index contributed by atoms with van der Waals surface area (Å²) >= 11 is 3.52. The largest absolute Gasteiger partial charge is 0.396 e. The average molecular weight is 338 g/mol. The molecule has 1 N–H and O–H groups in total. The molecule has 22 heavy (non-hydrogen) atoms. The summed E-state index contributed by atoms with van der Waals surface area (Å²) in [6.45, 7) is 2.37. The van der Waals surface area contributed by atoms with E-state index in [1.807, 2.05) is 30.0 Å². The number of para-hydroxylation sites is 1. The minimum atomic E-state index is 0.147. The Balaban J connectivity index is 2.10. The maximum atomic E-state index is 9.04. The van der Waals surface area contributed by atoms with Gasteiger partial charge >= 0.3 is 0 Å². The van der Waals surface area contributed by atoms with Crippen molar-refractivity contribution in [3.8, 4) is 5.69 Å². The van der Waals surface area contributed by atoms with Gasteiger partial charge in [0.2, 0.25) is 0 Å². The number of aromatic nitrogens is 3. The first-order valence-electron chi connectivity index (χ1n) is 7.68. The fourth-order valence-electron chi connectivity index (χ4n) is 2.04. The highest BCUT2D eigenvalue weighted by Crippen LogP contribution is 2.22. The quantitative estimate of drug-likeness (QED) is 0.532. The molecule has 6 heteroatoms. The summed E-state index contributed by atoms with van der Waals surface area (Å²) < 4.78 is 2.11. The van der Waals surface area contributed by atoms with Gasteiger partial charge in [0.1, 0.15) is 5.82 Å². The average Bonchev–Trinajstić information content (AvgIpc) is 2.96. The third kappa shape index (κ3) is 5.04. The molecule has 120 valence electrons. The topological polar surface area (TPSA) is 50.9 Å². The van der Waals surface area contributed by atoms with Gasteiger partial charge in [-0.25, -0.2) is 0 Å². The van der Waals surface area contributed by atoms with Crippen LogP contribution < -0.4 is 0 Å². The van der Waals surface area contributed by atoms with E-state index in [2.05, 4.69) is 33.8 Å². The van der Waals surface area contributed by atoms with E-state index in [0.29, 0.717) is 5.75 Å². The van der Waals surface area contributed by atoms with E-state index in [1.54, 1.807) is 11.8 Å². The van der Waals surface area contributed by atoms with E-state index < -0.39 is 0 Å². The van der Waals surface area contributed by atoms with E-state index in [1.165, 1.54) is 18.6 Å². The molecule has 0 aliphatic rings. The van der Waals surface area contributed by atoms with E-state index in [0.717, 1.165) is 28.8 Å². The van der Waals surface area contributed by atoms with Crippen LogP contribution in [0.15, 0.2) is 35.5 Å². The zero-order chi connectivity index (χ0) is 15.6. The number of hydrogen-bond acceptors (Lipinski definition) is 5. The van der Waals surface area contributed by atoms with Crippen molar-refractivity contribution in [3.63, 3.8) is 0 Å². The Kier molecular flexibility index (Phi) is 7.83. The predicted octanol–water partition coefficient (Wildman–Crippen LogP) is 3.43. The molecule has 1 aromatic carbocycles. The van der Waals surface area contributed by atoms with Crippen molar-refractivity contribution >= 4 is 23.5 Å². The second kappa shape index (κ2) is 9.92. The van der Waals surface area contributed by atoms with Crippen LogP contribution in [0.4, 0.5) is 0 Å². The normalized spacial score (nSPS) is 11.0. The summed E-state index contributed by atoms with van der Waals surface area (Å²) in [4.78, 5) is 0. The maximum absolute atomic E-state index is 9.04. The lowest BCUT2D eigenvalue weighted by molar-refractivity contribution is 0.322. The second-order valence-electron chi connectivity index (χ2n) is 4.86. The standard InChI is InChI=1S/C16H23N3OS2/c1-2-3-11-21-12-9-15-17-18-16(22-13-10-20)19(15)14-7-5-4-6-8-14/h4-8,20H,2-3,9-13H2,1H3. The van der Waals surface area contributed by atoms with E-state index >= 15 is 0 Å². The third-order valence-electron chi connectivity index (χ3n) is 3.15. The van der Waals surface area contributed by atoms with E-state index in [4.69, 9.17) is 5.11 Å². The first-order chi connectivity index (χ1) is 10.9. The molecule has 2 aromatic rings. The summed E-state index contributed by atoms with van der Waals surface area (Å²) in [6, 6.07) is 10.2. The number of benzene rings is 1. The van der Waals surface area contributed by atoms with Crippen molar-refractivity contribution in [3.05, 3.63) is 36.2 Å². The first kappa shape index (κ1) is 17.4. The Labute approximate surface area is 140 Å².